The Morgan fingerprint density at radius 1 is 0.929 bits per heavy atom. The van der Waals surface area contributed by atoms with Gasteiger partial charge in [-0.3, -0.25) is 4.79 Å². The van der Waals surface area contributed by atoms with Crippen LogP contribution in [-0.2, 0) is 11.2 Å². The second kappa shape index (κ2) is 9.79. The number of rotatable bonds is 9. The van der Waals surface area contributed by atoms with Gasteiger partial charge in [0.1, 0.15) is 11.5 Å². The van der Waals surface area contributed by atoms with Gasteiger partial charge in [0.25, 0.3) is 5.91 Å². The molecule has 0 aromatic heterocycles. The molecule has 0 bridgehead atoms. The Morgan fingerprint density at radius 2 is 1.64 bits per heavy atom. The van der Waals surface area contributed by atoms with Crippen molar-refractivity contribution in [2.24, 2.45) is 0 Å². The molecular formula is C24H27NO3. The molecule has 0 saturated carbocycles. The normalized spacial score (nSPS) is 10.8. The van der Waals surface area contributed by atoms with Crippen LogP contribution in [0.1, 0.15) is 25.8 Å². The van der Waals surface area contributed by atoms with Crippen LogP contribution < -0.4 is 14.8 Å². The van der Waals surface area contributed by atoms with E-state index in [0.717, 1.165) is 29.4 Å². The van der Waals surface area contributed by atoms with Crippen molar-refractivity contribution in [3.8, 4) is 11.5 Å². The van der Waals surface area contributed by atoms with Crippen LogP contribution in [0.4, 0.5) is 0 Å². The van der Waals surface area contributed by atoms with E-state index in [1.165, 1.54) is 5.56 Å². The van der Waals surface area contributed by atoms with Gasteiger partial charge in [0.2, 0.25) is 0 Å². The van der Waals surface area contributed by atoms with Gasteiger partial charge < -0.3 is 14.8 Å². The molecule has 3 aromatic rings. The Bertz CT molecular complexity index is 903. The largest absolute Gasteiger partial charge is 0.491 e. The first kappa shape index (κ1) is 19.7. The summed E-state index contributed by atoms with van der Waals surface area (Å²) in [4.78, 5) is 12.0. The lowest BCUT2D eigenvalue weighted by Crippen LogP contribution is -2.29. The van der Waals surface area contributed by atoms with E-state index in [0.29, 0.717) is 12.3 Å². The van der Waals surface area contributed by atoms with Gasteiger partial charge in [0.05, 0.1) is 6.10 Å². The molecule has 1 amide bonds. The third-order valence-electron chi connectivity index (χ3n) is 4.35. The van der Waals surface area contributed by atoms with Crippen molar-refractivity contribution in [3.05, 3.63) is 72.3 Å². The minimum absolute atomic E-state index is 0.0274. The van der Waals surface area contributed by atoms with E-state index < -0.39 is 0 Å². The average Bonchev–Trinajstić information content (AvgIpc) is 2.70. The van der Waals surface area contributed by atoms with Crippen LogP contribution in [-0.4, -0.2) is 25.2 Å². The maximum Gasteiger partial charge on any atom is 0.257 e. The smallest absolute Gasteiger partial charge is 0.257 e. The molecule has 0 aliphatic carbocycles. The Hall–Kier alpha value is -3.01. The minimum Gasteiger partial charge on any atom is -0.491 e. The summed E-state index contributed by atoms with van der Waals surface area (Å²) in [5.41, 5.74) is 1.23. The monoisotopic (exact) mass is 377 g/mol. The van der Waals surface area contributed by atoms with Gasteiger partial charge in [-0.15, -0.1) is 0 Å². The maximum atomic E-state index is 12.0. The van der Waals surface area contributed by atoms with E-state index >= 15 is 0 Å². The standard InChI is InChI=1S/C24H27NO3/c1-18(2)28-22-12-9-19(10-13-22)6-5-15-25-24(26)17-27-23-14-11-20-7-3-4-8-21(20)16-23/h3-4,7-14,16,18H,5-6,15,17H2,1-2H3,(H,25,26). The van der Waals surface area contributed by atoms with Crippen molar-refractivity contribution < 1.29 is 14.3 Å². The highest BCUT2D eigenvalue weighted by molar-refractivity contribution is 5.84. The van der Waals surface area contributed by atoms with Gasteiger partial charge in [-0.25, -0.2) is 0 Å². The fourth-order valence-corrected chi connectivity index (χ4v) is 2.98. The molecule has 4 heteroatoms. The zero-order chi connectivity index (χ0) is 19.8. The van der Waals surface area contributed by atoms with Crippen molar-refractivity contribution in [2.75, 3.05) is 13.2 Å². The van der Waals surface area contributed by atoms with Crippen LogP contribution in [0.15, 0.2) is 66.7 Å². The summed E-state index contributed by atoms with van der Waals surface area (Å²) < 4.78 is 11.3. The molecule has 0 atom stereocenters. The summed E-state index contributed by atoms with van der Waals surface area (Å²) in [6.07, 6.45) is 1.97. The third kappa shape index (κ3) is 6.02. The predicted octanol–water partition coefficient (Wildman–Crippen LogP) is 4.75. The molecule has 0 aliphatic rings. The molecule has 4 nitrogen and oxygen atoms in total. The first-order valence-corrected chi connectivity index (χ1v) is 9.74. The third-order valence-corrected chi connectivity index (χ3v) is 4.35. The first-order valence-electron chi connectivity index (χ1n) is 9.74. The zero-order valence-electron chi connectivity index (χ0n) is 16.5. The minimum atomic E-state index is -0.103. The highest BCUT2D eigenvalue weighted by Crippen LogP contribution is 2.20. The lowest BCUT2D eigenvalue weighted by Gasteiger charge is -2.10. The number of aryl methyl sites for hydroxylation is 1. The quantitative estimate of drug-likeness (QED) is 0.547. The molecule has 3 rings (SSSR count). The molecule has 3 aromatic carbocycles. The molecule has 0 fully saturated rings. The molecule has 0 aliphatic heterocycles. The number of amides is 1. The van der Waals surface area contributed by atoms with Crippen molar-refractivity contribution in [1.29, 1.82) is 0 Å². The number of carbonyl (C=O) groups excluding carboxylic acids is 1. The summed E-state index contributed by atoms with van der Waals surface area (Å²) in [5, 5.41) is 5.17. The molecule has 0 heterocycles. The van der Waals surface area contributed by atoms with Crippen LogP contribution in [0.3, 0.4) is 0 Å². The van der Waals surface area contributed by atoms with E-state index in [1.807, 2.05) is 62.4 Å². The summed E-state index contributed by atoms with van der Waals surface area (Å²) in [6, 6.07) is 22.0. The van der Waals surface area contributed by atoms with Crippen LogP contribution in [0.5, 0.6) is 11.5 Å². The Morgan fingerprint density at radius 3 is 2.39 bits per heavy atom. The molecular weight excluding hydrogens is 350 g/mol. The van der Waals surface area contributed by atoms with Crippen molar-refractivity contribution in [2.45, 2.75) is 32.8 Å². The number of hydrogen-bond donors (Lipinski definition) is 1. The second-order valence-corrected chi connectivity index (χ2v) is 7.06. The first-order chi connectivity index (χ1) is 13.6. The van der Waals surface area contributed by atoms with Crippen molar-refractivity contribution >= 4 is 16.7 Å². The lowest BCUT2D eigenvalue weighted by atomic mass is 10.1. The van der Waals surface area contributed by atoms with Gasteiger partial charge >= 0.3 is 0 Å². The SMILES string of the molecule is CC(C)Oc1ccc(CCCNC(=O)COc2ccc3ccccc3c2)cc1. The van der Waals surface area contributed by atoms with E-state index in [2.05, 4.69) is 23.5 Å². The van der Waals surface area contributed by atoms with E-state index in [9.17, 15) is 4.79 Å². The Balaban J connectivity index is 1.36. The van der Waals surface area contributed by atoms with Gasteiger partial charge in [-0.1, -0.05) is 42.5 Å². The van der Waals surface area contributed by atoms with Gasteiger partial charge in [-0.05, 0) is 67.3 Å². The van der Waals surface area contributed by atoms with Crippen LogP contribution in [0, 0.1) is 0 Å². The van der Waals surface area contributed by atoms with Crippen LogP contribution in [0.2, 0.25) is 0 Å². The van der Waals surface area contributed by atoms with Gasteiger partial charge in [0.15, 0.2) is 6.61 Å². The fraction of sp³-hybridized carbons (Fsp3) is 0.292. The number of carbonyl (C=O) groups is 1. The predicted molar refractivity (Wildman–Crippen MR) is 113 cm³/mol. The Labute approximate surface area is 166 Å². The molecule has 146 valence electrons. The van der Waals surface area contributed by atoms with Crippen molar-refractivity contribution in [3.63, 3.8) is 0 Å². The molecule has 0 unspecified atom stereocenters. The molecule has 0 spiro atoms. The highest BCUT2D eigenvalue weighted by Gasteiger charge is 2.04. The van der Waals surface area contributed by atoms with Crippen molar-refractivity contribution in [1.82, 2.24) is 5.32 Å². The molecule has 28 heavy (non-hydrogen) atoms. The summed E-state index contributed by atoms with van der Waals surface area (Å²) >= 11 is 0. The molecule has 0 saturated heterocycles. The van der Waals surface area contributed by atoms with Gasteiger partial charge in [0, 0.05) is 6.54 Å². The van der Waals surface area contributed by atoms with E-state index in [1.54, 1.807) is 0 Å². The summed E-state index contributed by atoms with van der Waals surface area (Å²) in [7, 11) is 0. The van der Waals surface area contributed by atoms with E-state index in [4.69, 9.17) is 9.47 Å². The zero-order valence-corrected chi connectivity index (χ0v) is 16.5. The maximum absolute atomic E-state index is 12.0. The highest BCUT2D eigenvalue weighted by atomic mass is 16.5. The number of ether oxygens (including phenoxy) is 2. The van der Waals surface area contributed by atoms with Crippen LogP contribution >= 0.6 is 0 Å². The Kier molecular flexibility index (Phi) is 6.90. The van der Waals surface area contributed by atoms with Gasteiger partial charge in [-0.2, -0.15) is 0 Å². The molecule has 1 N–H and O–H groups in total. The lowest BCUT2D eigenvalue weighted by molar-refractivity contribution is -0.123. The number of hydrogen-bond acceptors (Lipinski definition) is 3. The summed E-state index contributed by atoms with van der Waals surface area (Å²) in [5.74, 6) is 1.49. The number of fused-ring (bicyclic) bond motifs is 1. The topological polar surface area (TPSA) is 47.6 Å². The van der Waals surface area contributed by atoms with Crippen LogP contribution in [0.25, 0.3) is 10.8 Å². The number of benzene rings is 3. The number of nitrogens with one attached hydrogen (secondary N) is 1. The molecule has 0 radical (unpaired) electrons. The summed E-state index contributed by atoms with van der Waals surface area (Å²) in [6.45, 7) is 4.68. The average molecular weight is 377 g/mol. The van der Waals surface area contributed by atoms with E-state index in [-0.39, 0.29) is 18.6 Å². The fourth-order valence-electron chi connectivity index (χ4n) is 2.98. The second-order valence-electron chi connectivity index (χ2n) is 7.06.